The van der Waals surface area contributed by atoms with Crippen molar-refractivity contribution in [1.82, 2.24) is 19.7 Å². The van der Waals surface area contributed by atoms with Gasteiger partial charge in [0.05, 0.1) is 24.2 Å². The van der Waals surface area contributed by atoms with Crippen molar-refractivity contribution >= 4 is 12.2 Å². The molecule has 0 bridgehead atoms. The lowest BCUT2D eigenvalue weighted by molar-refractivity contribution is 0.146. The van der Waals surface area contributed by atoms with Crippen LogP contribution in [0.1, 0.15) is 24.6 Å². The molecule has 0 unspecified atom stereocenters. The number of aromatic nitrogens is 4. The fraction of sp³-hybridized carbons (Fsp3) is 0.200. The maximum atomic E-state index is 13.8. The molecule has 0 atom stereocenters. The fourth-order valence-corrected chi connectivity index (χ4v) is 2.03. The summed E-state index contributed by atoms with van der Waals surface area (Å²) >= 11 is 0. The van der Waals surface area contributed by atoms with Crippen LogP contribution in [-0.4, -0.2) is 26.0 Å². The highest BCUT2D eigenvalue weighted by atomic mass is 19.3. The molecule has 0 aliphatic rings. The Morgan fingerprint density at radius 1 is 1.40 bits per heavy atom. The van der Waals surface area contributed by atoms with Gasteiger partial charge in [-0.05, 0) is 25.1 Å². The first kappa shape index (κ1) is 16.7. The van der Waals surface area contributed by atoms with E-state index in [-0.39, 0.29) is 17.2 Å². The van der Waals surface area contributed by atoms with E-state index in [0.29, 0.717) is 12.3 Å². The molecule has 0 saturated heterocycles. The topological polar surface area (TPSA) is 81.1 Å². The predicted octanol–water partition coefficient (Wildman–Crippen LogP) is 3.48. The van der Waals surface area contributed by atoms with E-state index in [0.717, 1.165) is 10.7 Å². The molecular formula is C15H13F3N6O. The number of hydrogen-bond donors (Lipinski definition) is 1. The van der Waals surface area contributed by atoms with Gasteiger partial charge in [-0.3, -0.25) is 0 Å². The Morgan fingerprint density at radius 2 is 2.24 bits per heavy atom. The van der Waals surface area contributed by atoms with Gasteiger partial charge in [-0.1, -0.05) is 0 Å². The molecule has 10 heteroatoms. The Morgan fingerprint density at radius 3 is 2.88 bits per heavy atom. The summed E-state index contributed by atoms with van der Waals surface area (Å²) in [4.78, 5) is 7.73. The van der Waals surface area contributed by atoms with E-state index in [4.69, 9.17) is 4.42 Å². The van der Waals surface area contributed by atoms with Crippen LogP contribution in [0.2, 0.25) is 0 Å². The number of nitrogens with one attached hydrogen (secondary N) is 1. The van der Waals surface area contributed by atoms with Gasteiger partial charge in [-0.2, -0.15) is 14.6 Å². The van der Waals surface area contributed by atoms with E-state index in [1.54, 1.807) is 19.1 Å². The molecule has 0 amide bonds. The Bertz CT molecular complexity index is 876. The maximum Gasteiger partial charge on any atom is 0.280 e. The van der Waals surface area contributed by atoms with Crippen LogP contribution in [0.3, 0.4) is 0 Å². The molecule has 0 aliphatic heterocycles. The van der Waals surface area contributed by atoms with Crippen molar-refractivity contribution in [2.24, 2.45) is 5.10 Å². The third kappa shape index (κ3) is 3.67. The number of alkyl halides is 2. The number of rotatable bonds is 6. The lowest BCUT2D eigenvalue weighted by Gasteiger charge is -2.05. The van der Waals surface area contributed by atoms with Gasteiger partial charge >= 0.3 is 0 Å². The van der Waals surface area contributed by atoms with Crippen LogP contribution >= 0.6 is 0 Å². The van der Waals surface area contributed by atoms with Gasteiger partial charge in [-0.25, -0.2) is 28.9 Å². The van der Waals surface area contributed by atoms with Crippen molar-refractivity contribution in [3.8, 4) is 11.5 Å². The predicted molar refractivity (Wildman–Crippen MR) is 83.8 cm³/mol. The van der Waals surface area contributed by atoms with Gasteiger partial charge in [0.2, 0.25) is 11.9 Å². The van der Waals surface area contributed by atoms with Crippen LogP contribution in [0.4, 0.5) is 19.1 Å². The Labute approximate surface area is 140 Å². The minimum Gasteiger partial charge on any atom is -0.463 e. The zero-order valence-corrected chi connectivity index (χ0v) is 13.0. The average molecular weight is 350 g/mol. The van der Waals surface area contributed by atoms with Crippen molar-refractivity contribution in [2.45, 2.75) is 19.9 Å². The number of hydrogen-bond acceptors (Lipinski definition) is 6. The van der Waals surface area contributed by atoms with E-state index < -0.39 is 18.1 Å². The number of furan rings is 1. The summed E-state index contributed by atoms with van der Waals surface area (Å²) < 4.78 is 46.1. The highest BCUT2D eigenvalue weighted by Crippen LogP contribution is 2.24. The third-order valence-electron chi connectivity index (χ3n) is 3.21. The Balaban J connectivity index is 1.84. The molecule has 0 spiro atoms. The standard InChI is InChI=1S/C15H13F3N6O/c1-2-24-14(18)9(8-20-24)7-19-23-15-21-10(12-4-3-5-25-12)6-11(22-15)13(16)17/h3-8,13H,2H2,1H3,(H,21,22,23). The zero-order chi connectivity index (χ0) is 17.8. The monoisotopic (exact) mass is 350 g/mol. The van der Waals surface area contributed by atoms with E-state index in [9.17, 15) is 13.2 Å². The minimum atomic E-state index is -2.79. The minimum absolute atomic E-state index is 0.144. The number of hydrazone groups is 1. The highest BCUT2D eigenvalue weighted by Gasteiger charge is 2.15. The number of aryl methyl sites for hydroxylation is 1. The smallest absolute Gasteiger partial charge is 0.280 e. The van der Waals surface area contributed by atoms with Gasteiger partial charge in [0.1, 0.15) is 11.4 Å². The highest BCUT2D eigenvalue weighted by molar-refractivity contribution is 5.79. The molecule has 130 valence electrons. The van der Waals surface area contributed by atoms with Crippen molar-refractivity contribution < 1.29 is 17.6 Å². The van der Waals surface area contributed by atoms with Crippen molar-refractivity contribution in [1.29, 1.82) is 0 Å². The van der Waals surface area contributed by atoms with Gasteiger partial charge in [0.15, 0.2) is 5.76 Å². The molecule has 0 aliphatic carbocycles. The second-order valence-corrected chi connectivity index (χ2v) is 4.86. The van der Waals surface area contributed by atoms with Crippen LogP contribution in [0.15, 0.2) is 40.2 Å². The fourth-order valence-electron chi connectivity index (χ4n) is 2.03. The van der Waals surface area contributed by atoms with E-state index in [2.05, 4.69) is 25.6 Å². The van der Waals surface area contributed by atoms with Gasteiger partial charge in [-0.15, -0.1) is 0 Å². The average Bonchev–Trinajstić information content (AvgIpc) is 3.25. The molecule has 0 aromatic carbocycles. The molecule has 0 fully saturated rings. The summed E-state index contributed by atoms with van der Waals surface area (Å²) in [5, 5.41) is 7.60. The maximum absolute atomic E-state index is 13.8. The van der Waals surface area contributed by atoms with E-state index >= 15 is 0 Å². The molecule has 1 N–H and O–H groups in total. The molecule has 3 rings (SSSR count). The normalized spacial score (nSPS) is 11.6. The van der Waals surface area contributed by atoms with E-state index in [1.807, 2.05) is 0 Å². The van der Waals surface area contributed by atoms with Crippen LogP contribution in [-0.2, 0) is 6.54 Å². The summed E-state index contributed by atoms with van der Waals surface area (Å²) in [7, 11) is 0. The molecule has 0 saturated carbocycles. The SMILES string of the molecule is CCn1ncc(C=NNc2nc(-c3ccco3)cc(C(F)F)n2)c1F. The Hall–Kier alpha value is -3.17. The van der Waals surface area contributed by atoms with Crippen LogP contribution in [0.5, 0.6) is 0 Å². The molecule has 25 heavy (non-hydrogen) atoms. The first-order chi connectivity index (χ1) is 12.1. The summed E-state index contributed by atoms with van der Waals surface area (Å²) in [5.41, 5.74) is 2.25. The molecule has 7 nitrogen and oxygen atoms in total. The lowest BCUT2D eigenvalue weighted by atomic mass is 10.2. The summed E-state index contributed by atoms with van der Waals surface area (Å²) in [5.74, 6) is -0.401. The largest absolute Gasteiger partial charge is 0.463 e. The molecule has 3 heterocycles. The molecule has 3 aromatic rings. The summed E-state index contributed by atoms with van der Waals surface area (Å²) in [6.45, 7) is 2.12. The summed E-state index contributed by atoms with van der Waals surface area (Å²) in [6.07, 6.45) is 1.08. The van der Waals surface area contributed by atoms with Crippen molar-refractivity contribution in [3.05, 3.63) is 47.9 Å². The van der Waals surface area contributed by atoms with Gasteiger partial charge < -0.3 is 4.42 Å². The quantitative estimate of drug-likeness (QED) is 0.544. The van der Waals surface area contributed by atoms with Crippen LogP contribution < -0.4 is 5.43 Å². The first-order valence-electron chi connectivity index (χ1n) is 7.30. The first-order valence-corrected chi connectivity index (χ1v) is 7.30. The van der Waals surface area contributed by atoms with Crippen molar-refractivity contribution in [2.75, 3.05) is 5.43 Å². The number of nitrogens with zero attached hydrogens (tertiary/aromatic N) is 5. The Kier molecular flexibility index (Phi) is 4.78. The second kappa shape index (κ2) is 7.16. The summed E-state index contributed by atoms with van der Waals surface area (Å²) in [6, 6.07) is 4.32. The zero-order valence-electron chi connectivity index (χ0n) is 13.0. The van der Waals surface area contributed by atoms with Gasteiger partial charge in [0.25, 0.3) is 6.43 Å². The van der Waals surface area contributed by atoms with Crippen LogP contribution in [0, 0.1) is 5.95 Å². The molecular weight excluding hydrogens is 337 g/mol. The lowest BCUT2D eigenvalue weighted by Crippen LogP contribution is -2.03. The number of halogens is 3. The third-order valence-corrected chi connectivity index (χ3v) is 3.21. The van der Waals surface area contributed by atoms with Gasteiger partial charge in [0, 0.05) is 6.54 Å². The molecule has 0 radical (unpaired) electrons. The second-order valence-electron chi connectivity index (χ2n) is 4.86. The van der Waals surface area contributed by atoms with E-state index in [1.165, 1.54) is 18.7 Å². The molecule has 3 aromatic heterocycles. The van der Waals surface area contributed by atoms with Crippen LogP contribution in [0.25, 0.3) is 11.5 Å². The number of anilines is 1. The van der Waals surface area contributed by atoms with Crippen molar-refractivity contribution in [3.63, 3.8) is 0 Å².